The van der Waals surface area contributed by atoms with E-state index in [2.05, 4.69) is 13.8 Å². The second-order valence-electron chi connectivity index (χ2n) is 5.56. The fourth-order valence-electron chi connectivity index (χ4n) is 2.14. The lowest BCUT2D eigenvalue weighted by Crippen LogP contribution is -2.19. The first kappa shape index (κ1) is 12.2. The van der Waals surface area contributed by atoms with E-state index in [4.69, 9.17) is 4.74 Å². The van der Waals surface area contributed by atoms with Crippen LogP contribution < -0.4 is 4.74 Å². The molecule has 0 aliphatic carbocycles. The maximum Gasteiger partial charge on any atom is 0.165 e. The zero-order chi connectivity index (χ0) is 12.6. The van der Waals surface area contributed by atoms with Crippen molar-refractivity contribution in [1.82, 2.24) is 0 Å². The summed E-state index contributed by atoms with van der Waals surface area (Å²) in [7, 11) is 0. The number of hydrogen-bond donors (Lipinski definition) is 0. The summed E-state index contributed by atoms with van der Waals surface area (Å²) >= 11 is 0. The number of ketones is 1. The zero-order valence-corrected chi connectivity index (χ0v) is 11.0. The van der Waals surface area contributed by atoms with Gasteiger partial charge in [0.1, 0.15) is 5.75 Å². The molecule has 0 saturated carbocycles. The highest BCUT2D eigenvalue weighted by Crippen LogP contribution is 2.39. The minimum atomic E-state index is 0.0150. The van der Waals surface area contributed by atoms with Crippen LogP contribution in [-0.4, -0.2) is 12.4 Å². The highest BCUT2D eigenvalue weighted by atomic mass is 16.5. The summed E-state index contributed by atoms with van der Waals surface area (Å²) in [6.07, 6.45) is 0.885. The average molecular weight is 232 g/mol. The highest BCUT2D eigenvalue weighted by Gasteiger charge is 2.32. The monoisotopic (exact) mass is 232 g/mol. The van der Waals surface area contributed by atoms with E-state index in [1.54, 1.807) is 0 Å². The molecule has 1 aromatic carbocycles. The highest BCUT2D eigenvalue weighted by molar-refractivity contribution is 5.98. The van der Waals surface area contributed by atoms with Crippen molar-refractivity contribution in [1.29, 1.82) is 0 Å². The standard InChI is InChI=1S/C15H20O2/c1-5-10(2)14(16)11-6-7-13-12(8-11)15(3,4)9-17-13/h6-8,10H,5,9H2,1-4H3. The number of rotatable bonds is 3. The molecule has 0 saturated heterocycles. The van der Waals surface area contributed by atoms with E-state index >= 15 is 0 Å². The topological polar surface area (TPSA) is 26.3 Å². The third kappa shape index (κ3) is 2.08. The fourth-order valence-corrected chi connectivity index (χ4v) is 2.14. The van der Waals surface area contributed by atoms with Crippen LogP contribution in [0.3, 0.4) is 0 Å². The van der Waals surface area contributed by atoms with Crippen LogP contribution >= 0.6 is 0 Å². The summed E-state index contributed by atoms with van der Waals surface area (Å²) in [5, 5.41) is 0. The van der Waals surface area contributed by atoms with Gasteiger partial charge in [-0.3, -0.25) is 4.79 Å². The number of fused-ring (bicyclic) bond motifs is 1. The number of carbonyl (C=O) groups is 1. The Kier molecular flexibility index (Phi) is 2.98. The summed E-state index contributed by atoms with van der Waals surface area (Å²) in [5.41, 5.74) is 1.99. The third-order valence-electron chi connectivity index (χ3n) is 3.64. The number of ether oxygens (including phenoxy) is 1. The largest absolute Gasteiger partial charge is 0.492 e. The van der Waals surface area contributed by atoms with E-state index < -0.39 is 0 Å². The first-order chi connectivity index (χ1) is 7.95. The smallest absolute Gasteiger partial charge is 0.165 e. The quantitative estimate of drug-likeness (QED) is 0.744. The molecule has 0 aromatic heterocycles. The Morgan fingerprint density at radius 1 is 1.47 bits per heavy atom. The molecule has 2 nitrogen and oxygen atoms in total. The van der Waals surface area contributed by atoms with Crippen molar-refractivity contribution in [3.05, 3.63) is 29.3 Å². The Morgan fingerprint density at radius 2 is 2.18 bits per heavy atom. The van der Waals surface area contributed by atoms with Gasteiger partial charge in [0.25, 0.3) is 0 Å². The maximum atomic E-state index is 12.1. The molecule has 0 spiro atoms. The predicted octanol–water partition coefficient (Wildman–Crippen LogP) is 3.59. The third-order valence-corrected chi connectivity index (χ3v) is 3.64. The van der Waals surface area contributed by atoms with E-state index in [0.717, 1.165) is 23.3 Å². The normalized spacial score (nSPS) is 18.4. The van der Waals surface area contributed by atoms with Crippen LogP contribution in [0, 0.1) is 5.92 Å². The van der Waals surface area contributed by atoms with Crippen molar-refractivity contribution in [2.24, 2.45) is 5.92 Å². The molecule has 92 valence electrons. The van der Waals surface area contributed by atoms with Gasteiger partial charge in [0, 0.05) is 22.5 Å². The van der Waals surface area contributed by atoms with Gasteiger partial charge in [-0.25, -0.2) is 0 Å². The second kappa shape index (κ2) is 4.17. The number of hydrogen-bond acceptors (Lipinski definition) is 2. The summed E-state index contributed by atoms with van der Waals surface area (Å²) < 4.78 is 5.62. The number of Topliss-reactive ketones (excluding diaryl/α,β-unsaturated/α-hetero) is 1. The number of carbonyl (C=O) groups excluding carboxylic acids is 1. The first-order valence-electron chi connectivity index (χ1n) is 6.27. The van der Waals surface area contributed by atoms with Crippen LogP contribution in [0.25, 0.3) is 0 Å². The minimum absolute atomic E-state index is 0.0150. The SMILES string of the molecule is CCC(C)C(=O)c1ccc2c(c1)C(C)(C)CO2. The van der Waals surface area contributed by atoms with Crippen LogP contribution in [0.4, 0.5) is 0 Å². The molecule has 1 atom stereocenters. The van der Waals surface area contributed by atoms with Gasteiger partial charge in [-0.15, -0.1) is 0 Å². The molecule has 0 amide bonds. The van der Waals surface area contributed by atoms with Gasteiger partial charge in [0.15, 0.2) is 5.78 Å². The molecule has 2 rings (SSSR count). The molecular formula is C15H20O2. The van der Waals surface area contributed by atoms with Crippen LogP contribution in [0.5, 0.6) is 5.75 Å². The predicted molar refractivity (Wildman–Crippen MR) is 68.7 cm³/mol. The fraction of sp³-hybridized carbons (Fsp3) is 0.533. The summed E-state index contributed by atoms with van der Waals surface area (Å²) in [6, 6.07) is 5.82. The van der Waals surface area contributed by atoms with E-state index in [1.165, 1.54) is 0 Å². The van der Waals surface area contributed by atoms with Gasteiger partial charge in [-0.2, -0.15) is 0 Å². The first-order valence-corrected chi connectivity index (χ1v) is 6.27. The number of benzene rings is 1. The van der Waals surface area contributed by atoms with Gasteiger partial charge < -0.3 is 4.74 Å². The molecule has 1 unspecified atom stereocenters. The van der Waals surface area contributed by atoms with Crippen LogP contribution in [0.1, 0.15) is 50.0 Å². The lowest BCUT2D eigenvalue weighted by molar-refractivity contribution is 0.0927. The van der Waals surface area contributed by atoms with Gasteiger partial charge in [-0.1, -0.05) is 27.7 Å². The second-order valence-corrected chi connectivity index (χ2v) is 5.56. The van der Waals surface area contributed by atoms with E-state index in [1.807, 2.05) is 32.0 Å². The minimum Gasteiger partial charge on any atom is -0.492 e. The molecule has 0 radical (unpaired) electrons. The lowest BCUT2D eigenvalue weighted by Gasteiger charge is -2.16. The van der Waals surface area contributed by atoms with E-state index in [0.29, 0.717) is 6.61 Å². The molecule has 0 N–H and O–H groups in total. The Bertz CT molecular complexity index is 446. The van der Waals surface area contributed by atoms with Crippen molar-refractivity contribution in [3.8, 4) is 5.75 Å². The van der Waals surface area contributed by atoms with Crippen molar-refractivity contribution in [2.45, 2.75) is 39.5 Å². The molecule has 17 heavy (non-hydrogen) atoms. The molecule has 2 heteroatoms. The van der Waals surface area contributed by atoms with Crippen LogP contribution in [-0.2, 0) is 5.41 Å². The Balaban J connectivity index is 2.37. The summed E-state index contributed by atoms with van der Waals surface area (Å²) in [4.78, 5) is 12.1. The molecule has 1 aliphatic heterocycles. The molecule has 1 aliphatic rings. The van der Waals surface area contributed by atoms with Crippen LogP contribution in [0.2, 0.25) is 0 Å². The summed E-state index contributed by atoms with van der Waals surface area (Å²) in [6.45, 7) is 9.02. The van der Waals surface area contributed by atoms with Gasteiger partial charge >= 0.3 is 0 Å². The van der Waals surface area contributed by atoms with Crippen molar-refractivity contribution in [3.63, 3.8) is 0 Å². The Hall–Kier alpha value is -1.31. The molecule has 0 fully saturated rings. The van der Waals surface area contributed by atoms with Gasteiger partial charge in [-0.05, 0) is 24.6 Å². The van der Waals surface area contributed by atoms with Crippen molar-refractivity contribution in [2.75, 3.05) is 6.61 Å². The zero-order valence-electron chi connectivity index (χ0n) is 11.0. The Morgan fingerprint density at radius 3 is 2.82 bits per heavy atom. The van der Waals surface area contributed by atoms with Crippen molar-refractivity contribution < 1.29 is 9.53 Å². The maximum absolute atomic E-state index is 12.1. The van der Waals surface area contributed by atoms with E-state index in [-0.39, 0.29) is 17.1 Å². The van der Waals surface area contributed by atoms with Crippen LogP contribution in [0.15, 0.2) is 18.2 Å². The van der Waals surface area contributed by atoms with Gasteiger partial charge in [0.05, 0.1) is 6.61 Å². The molecule has 0 bridgehead atoms. The van der Waals surface area contributed by atoms with Crippen molar-refractivity contribution >= 4 is 5.78 Å². The molecular weight excluding hydrogens is 212 g/mol. The van der Waals surface area contributed by atoms with Gasteiger partial charge in [0.2, 0.25) is 0 Å². The molecule has 1 heterocycles. The average Bonchev–Trinajstić information content (AvgIpc) is 2.63. The van der Waals surface area contributed by atoms with E-state index in [9.17, 15) is 4.79 Å². The molecule has 1 aromatic rings. The Labute approximate surface area is 103 Å². The lowest BCUT2D eigenvalue weighted by atomic mass is 9.85. The summed E-state index contributed by atoms with van der Waals surface area (Å²) in [5.74, 6) is 1.26.